The van der Waals surface area contributed by atoms with E-state index in [0.717, 1.165) is 47.2 Å². The van der Waals surface area contributed by atoms with Crippen LogP contribution in [0.15, 0.2) is 54.7 Å². The van der Waals surface area contributed by atoms with Gasteiger partial charge in [0.1, 0.15) is 11.6 Å². The van der Waals surface area contributed by atoms with E-state index in [1.165, 1.54) is 37.8 Å². The SMILES string of the molecule is COc1cc(NC(C)CCCN(Cc2ccc(F)cc2)C(=O)CCC2CCCC2)c2ncccc2c1. The van der Waals surface area contributed by atoms with E-state index < -0.39 is 0 Å². The molecule has 1 aliphatic rings. The van der Waals surface area contributed by atoms with Crippen LogP contribution < -0.4 is 10.1 Å². The number of halogens is 1. The summed E-state index contributed by atoms with van der Waals surface area (Å²) in [5.74, 6) is 1.44. The molecule has 1 heterocycles. The number of rotatable bonds is 12. The van der Waals surface area contributed by atoms with Crippen molar-refractivity contribution in [1.82, 2.24) is 9.88 Å². The van der Waals surface area contributed by atoms with Crippen LogP contribution in [-0.2, 0) is 11.3 Å². The van der Waals surface area contributed by atoms with Gasteiger partial charge >= 0.3 is 0 Å². The van der Waals surface area contributed by atoms with Crippen molar-refractivity contribution in [3.05, 3.63) is 66.1 Å². The second-order valence-electron chi connectivity index (χ2n) is 10.1. The Morgan fingerprint density at radius 3 is 2.72 bits per heavy atom. The Labute approximate surface area is 214 Å². The molecule has 1 amide bonds. The highest BCUT2D eigenvalue weighted by atomic mass is 19.1. The molecule has 0 aliphatic heterocycles. The molecule has 1 N–H and O–H groups in total. The van der Waals surface area contributed by atoms with Crippen LogP contribution in [0.5, 0.6) is 5.75 Å². The predicted octanol–water partition coefficient (Wildman–Crippen LogP) is 6.96. The molecule has 5 nitrogen and oxygen atoms in total. The summed E-state index contributed by atoms with van der Waals surface area (Å²) < 4.78 is 18.9. The highest BCUT2D eigenvalue weighted by molar-refractivity contribution is 5.91. The highest BCUT2D eigenvalue weighted by Crippen LogP contribution is 2.30. The van der Waals surface area contributed by atoms with Crippen molar-refractivity contribution in [3.63, 3.8) is 0 Å². The smallest absolute Gasteiger partial charge is 0.222 e. The third-order valence-corrected chi connectivity index (χ3v) is 7.26. The van der Waals surface area contributed by atoms with Gasteiger partial charge in [0.15, 0.2) is 0 Å². The predicted molar refractivity (Wildman–Crippen MR) is 144 cm³/mol. The minimum absolute atomic E-state index is 0.198. The number of carbonyl (C=O) groups is 1. The largest absolute Gasteiger partial charge is 0.497 e. The van der Waals surface area contributed by atoms with Gasteiger partial charge in [-0.2, -0.15) is 0 Å². The Morgan fingerprint density at radius 1 is 1.19 bits per heavy atom. The first kappa shape index (κ1) is 25.9. The maximum Gasteiger partial charge on any atom is 0.222 e. The van der Waals surface area contributed by atoms with Crippen molar-refractivity contribution < 1.29 is 13.9 Å². The van der Waals surface area contributed by atoms with Crippen molar-refractivity contribution in [3.8, 4) is 5.75 Å². The zero-order valence-corrected chi connectivity index (χ0v) is 21.5. The maximum atomic E-state index is 13.4. The number of hydrogen-bond acceptors (Lipinski definition) is 4. The van der Waals surface area contributed by atoms with Gasteiger partial charge in [-0.25, -0.2) is 4.39 Å². The molecule has 1 saturated carbocycles. The monoisotopic (exact) mass is 491 g/mol. The van der Waals surface area contributed by atoms with E-state index in [4.69, 9.17) is 4.74 Å². The van der Waals surface area contributed by atoms with Gasteiger partial charge in [-0.3, -0.25) is 9.78 Å². The second kappa shape index (κ2) is 12.7. The lowest BCUT2D eigenvalue weighted by Gasteiger charge is -2.25. The van der Waals surface area contributed by atoms with Gasteiger partial charge in [-0.1, -0.05) is 43.9 Å². The van der Waals surface area contributed by atoms with Crippen LogP contribution >= 0.6 is 0 Å². The van der Waals surface area contributed by atoms with Gasteiger partial charge in [0.25, 0.3) is 0 Å². The summed E-state index contributed by atoms with van der Waals surface area (Å²) in [4.78, 5) is 19.7. The molecule has 3 aromatic rings. The van der Waals surface area contributed by atoms with Crippen LogP contribution in [-0.4, -0.2) is 35.5 Å². The third-order valence-electron chi connectivity index (χ3n) is 7.26. The molecule has 4 rings (SSSR count). The lowest BCUT2D eigenvalue weighted by molar-refractivity contribution is -0.132. The molecule has 1 aliphatic carbocycles. The molecule has 2 aromatic carbocycles. The maximum absolute atomic E-state index is 13.4. The summed E-state index contributed by atoms with van der Waals surface area (Å²) in [5.41, 5.74) is 2.84. The van der Waals surface area contributed by atoms with Crippen LogP contribution in [0.3, 0.4) is 0 Å². The number of amides is 1. The third kappa shape index (κ3) is 7.19. The number of benzene rings is 2. The van der Waals surface area contributed by atoms with Crippen molar-refractivity contribution in [2.75, 3.05) is 19.0 Å². The zero-order chi connectivity index (χ0) is 25.3. The van der Waals surface area contributed by atoms with Crippen LogP contribution in [0.4, 0.5) is 10.1 Å². The summed E-state index contributed by atoms with van der Waals surface area (Å²) >= 11 is 0. The number of fused-ring (bicyclic) bond motifs is 1. The fraction of sp³-hybridized carbons (Fsp3) is 0.467. The van der Waals surface area contributed by atoms with E-state index in [-0.39, 0.29) is 17.8 Å². The summed E-state index contributed by atoms with van der Waals surface area (Å²) in [6.45, 7) is 3.36. The Hall–Kier alpha value is -3.15. The van der Waals surface area contributed by atoms with E-state index in [9.17, 15) is 9.18 Å². The van der Waals surface area contributed by atoms with Gasteiger partial charge in [-0.05, 0) is 61.9 Å². The van der Waals surface area contributed by atoms with Crippen molar-refractivity contribution in [2.24, 2.45) is 5.92 Å². The molecule has 36 heavy (non-hydrogen) atoms. The lowest BCUT2D eigenvalue weighted by Crippen LogP contribution is -2.32. The number of aromatic nitrogens is 1. The minimum atomic E-state index is -0.252. The van der Waals surface area contributed by atoms with Gasteiger partial charge in [-0.15, -0.1) is 0 Å². The molecule has 1 fully saturated rings. The molecular weight excluding hydrogens is 453 g/mol. The number of pyridine rings is 1. The van der Waals surface area contributed by atoms with Crippen molar-refractivity contribution >= 4 is 22.5 Å². The Bertz CT molecular complexity index is 1130. The Kier molecular flexibility index (Phi) is 9.15. The van der Waals surface area contributed by atoms with E-state index in [2.05, 4.69) is 17.2 Å². The summed E-state index contributed by atoms with van der Waals surface area (Å²) in [7, 11) is 1.67. The van der Waals surface area contributed by atoms with E-state index >= 15 is 0 Å². The van der Waals surface area contributed by atoms with E-state index in [1.54, 1.807) is 25.4 Å². The van der Waals surface area contributed by atoms with Gasteiger partial charge in [0, 0.05) is 43.2 Å². The molecule has 0 radical (unpaired) electrons. The molecule has 1 unspecified atom stereocenters. The minimum Gasteiger partial charge on any atom is -0.497 e. The average molecular weight is 492 g/mol. The molecule has 6 heteroatoms. The van der Waals surface area contributed by atoms with Crippen molar-refractivity contribution in [1.29, 1.82) is 0 Å². The first-order chi connectivity index (χ1) is 17.5. The molecule has 0 bridgehead atoms. The van der Waals surface area contributed by atoms with Crippen LogP contribution in [0.2, 0.25) is 0 Å². The molecule has 0 saturated heterocycles. The number of nitrogens with zero attached hydrogens (tertiary/aromatic N) is 2. The van der Waals surface area contributed by atoms with E-state index in [0.29, 0.717) is 25.4 Å². The number of anilines is 1. The van der Waals surface area contributed by atoms with Crippen LogP contribution in [0.25, 0.3) is 10.9 Å². The Morgan fingerprint density at radius 2 is 1.97 bits per heavy atom. The normalized spacial score (nSPS) is 14.6. The lowest BCUT2D eigenvalue weighted by atomic mass is 10.0. The summed E-state index contributed by atoms with van der Waals surface area (Å²) in [6, 6.07) is 14.6. The molecular formula is C30H38FN3O2. The second-order valence-corrected chi connectivity index (χ2v) is 10.1. The Balaban J connectivity index is 1.35. The van der Waals surface area contributed by atoms with Gasteiger partial charge < -0.3 is 15.0 Å². The van der Waals surface area contributed by atoms with Gasteiger partial charge in [0.2, 0.25) is 5.91 Å². The number of carbonyl (C=O) groups excluding carboxylic acids is 1. The zero-order valence-electron chi connectivity index (χ0n) is 21.5. The number of hydrogen-bond donors (Lipinski definition) is 1. The fourth-order valence-corrected chi connectivity index (χ4v) is 5.21. The van der Waals surface area contributed by atoms with Crippen LogP contribution in [0.1, 0.15) is 63.9 Å². The summed E-state index contributed by atoms with van der Waals surface area (Å²) in [5, 5.41) is 4.63. The quantitative estimate of drug-likeness (QED) is 0.297. The number of ether oxygens (including phenoxy) is 1. The van der Waals surface area contributed by atoms with Gasteiger partial charge in [0.05, 0.1) is 18.3 Å². The molecule has 1 atom stereocenters. The van der Waals surface area contributed by atoms with Crippen LogP contribution in [0, 0.1) is 11.7 Å². The topological polar surface area (TPSA) is 54.5 Å². The van der Waals surface area contributed by atoms with E-state index in [1.807, 2.05) is 29.2 Å². The number of methoxy groups -OCH3 is 1. The molecule has 192 valence electrons. The number of nitrogens with one attached hydrogen (secondary N) is 1. The first-order valence-electron chi connectivity index (χ1n) is 13.2. The standard InChI is InChI=1S/C30H38FN3O2/c1-22(33-28-20-27(36-2)19-25-10-5-17-32-30(25)28)7-6-18-34(21-24-11-14-26(31)15-12-24)29(35)16-13-23-8-3-4-9-23/h5,10-12,14-15,17,19-20,22-23,33H,3-4,6-9,13,16,18,21H2,1-2H3. The summed E-state index contributed by atoms with van der Waals surface area (Å²) in [6.07, 6.45) is 10.2. The fourth-order valence-electron chi connectivity index (χ4n) is 5.21. The molecule has 1 aromatic heterocycles. The molecule has 0 spiro atoms. The average Bonchev–Trinajstić information content (AvgIpc) is 3.41. The first-order valence-corrected chi connectivity index (χ1v) is 13.2. The van der Waals surface area contributed by atoms with Crippen molar-refractivity contribution in [2.45, 2.75) is 70.9 Å². The highest BCUT2D eigenvalue weighted by Gasteiger charge is 2.20.